The van der Waals surface area contributed by atoms with Gasteiger partial charge in [-0.25, -0.2) is 0 Å². The first-order valence-corrected chi connectivity index (χ1v) is 11.7. The van der Waals surface area contributed by atoms with Crippen LogP contribution in [0.2, 0.25) is 0 Å². The molecule has 2 aromatic carbocycles. The van der Waals surface area contributed by atoms with Crippen LogP contribution in [-0.4, -0.2) is 15.8 Å². The molecule has 2 N–H and O–H groups in total. The van der Waals surface area contributed by atoms with E-state index in [1.54, 1.807) is 0 Å². The molecule has 5 atom stereocenters. The molecule has 0 saturated heterocycles. The minimum atomic E-state index is -0.523. The topological polar surface area (TPSA) is 40.5 Å². The summed E-state index contributed by atoms with van der Waals surface area (Å²) in [5.74, 6) is 2.31. The number of rotatable bonds is 3. The fourth-order valence-electron chi connectivity index (χ4n) is 6.95. The van der Waals surface area contributed by atoms with Crippen molar-refractivity contribution < 1.29 is 10.2 Å². The Labute approximate surface area is 180 Å². The molecular formula is C28H34O2. The molecule has 2 fully saturated rings. The lowest BCUT2D eigenvalue weighted by Crippen LogP contribution is -2.49. The summed E-state index contributed by atoms with van der Waals surface area (Å²) in [6.07, 6.45) is 11.7. The van der Waals surface area contributed by atoms with Crippen LogP contribution in [0.15, 0.2) is 48.5 Å². The maximum atomic E-state index is 11.1. The Balaban J connectivity index is 1.41. The molecule has 5 rings (SSSR count). The van der Waals surface area contributed by atoms with E-state index in [4.69, 9.17) is 0 Å². The highest BCUT2D eigenvalue weighted by Crippen LogP contribution is 2.64. The lowest BCUT2D eigenvalue weighted by Gasteiger charge is -2.52. The molecule has 2 aromatic rings. The van der Waals surface area contributed by atoms with Crippen molar-refractivity contribution in [3.63, 3.8) is 0 Å². The molecule has 0 spiro atoms. The van der Waals surface area contributed by atoms with Crippen LogP contribution in [0, 0.1) is 17.3 Å². The number of phenols is 1. The van der Waals surface area contributed by atoms with Crippen LogP contribution in [0.5, 0.6) is 5.75 Å². The van der Waals surface area contributed by atoms with Gasteiger partial charge in [-0.1, -0.05) is 55.5 Å². The second-order valence-corrected chi connectivity index (χ2v) is 10.4. The summed E-state index contributed by atoms with van der Waals surface area (Å²) in [5.41, 5.74) is 4.58. The van der Waals surface area contributed by atoms with E-state index in [0.717, 1.165) is 44.1 Å². The number of phenolic OH excluding ortho intramolecular Hbond substituents is 1. The van der Waals surface area contributed by atoms with Gasteiger partial charge in [-0.05, 0) is 103 Å². The zero-order chi connectivity index (χ0) is 20.9. The van der Waals surface area contributed by atoms with Gasteiger partial charge >= 0.3 is 0 Å². The highest BCUT2D eigenvalue weighted by molar-refractivity contribution is 5.51. The Morgan fingerprint density at radius 1 is 1.03 bits per heavy atom. The van der Waals surface area contributed by atoms with Crippen molar-refractivity contribution in [3.8, 4) is 5.75 Å². The fraction of sp³-hybridized carbons (Fsp3) is 0.500. The summed E-state index contributed by atoms with van der Waals surface area (Å²) in [5, 5.41) is 21.7. The number of allylic oxidation sites excluding steroid dienone is 1. The van der Waals surface area contributed by atoms with Gasteiger partial charge in [0.25, 0.3) is 0 Å². The second-order valence-electron chi connectivity index (χ2n) is 10.4. The highest BCUT2D eigenvalue weighted by Gasteiger charge is 2.59. The molecule has 3 aliphatic rings. The third-order valence-corrected chi connectivity index (χ3v) is 8.93. The van der Waals surface area contributed by atoms with Gasteiger partial charge in [0.1, 0.15) is 5.75 Å². The average Bonchev–Trinajstić information content (AvgIpc) is 2.98. The van der Waals surface area contributed by atoms with Crippen LogP contribution in [0.4, 0.5) is 0 Å². The van der Waals surface area contributed by atoms with E-state index in [1.165, 1.54) is 23.1 Å². The number of aromatic hydroxyl groups is 1. The minimum Gasteiger partial charge on any atom is -0.508 e. The summed E-state index contributed by atoms with van der Waals surface area (Å²) in [6, 6.07) is 14.7. The van der Waals surface area contributed by atoms with Gasteiger partial charge in [0.15, 0.2) is 0 Å². The van der Waals surface area contributed by atoms with Gasteiger partial charge in [-0.15, -0.1) is 0 Å². The maximum absolute atomic E-state index is 11.1. The molecule has 0 heterocycles. The normalized spacial score (nSPS) is 35.1. The fourth-order valence-corrected chi connectivity index (χ4v) is 6.95. The summed E-state index contributed by atoms with van der Waals surface area (Å²) < 4.78 is 0. The van der Waals surface area contributed by atoms with Crippen LogP contribution in [0.1, 0.15) is 74.1 Å². The molecular weight excluding hydrogens is 368 g/mol. The molecule has 0 amide bonds. The van der Waals surface area contributed by atoms with Crippen molar-refractivity contribution in [2.45, 2.75) is 70.3 Å². The largest absolute Gasteiger partial charge is 0.508 e. The third kappa shape index (κ3) is 3.12. The molecule has 0 aliphatic heterocycles. The predicted octanol–water partition coefficient (Wildman–Crippen LogP) is 6.26. The molecule has 0 aromatic heterocycles. The average molecular weight is 403 g/mol. The molecule has 30 heavy (non-hydrogen) atoms. The van der Waals surface area contributed by atoms with E-state index >= 15 is 0 Å². The molecule has 158 valence electrons. The monoisotopic (exact) mass is 402 g/mol. The van der Waals surface area contributed by atoms with Gasteiger partial charge in [0.05, 0.1) is 5.60 Å². The molecule has 2 saturated carbocycles. The van der Waals surface area contributed by atoms with Crippen LogP contribution in [0.25, 0.3) is 6.08 Å². The quantitative estimate of drug-likeness (QED) is 0.636. The number of hydrogen-bond acceptors (Lipinski definition) is 2. The molecule has 0 unspecified atom stereocenters. The zero-order valence-electron chi connectivity index (χ0n) is 18.3. The van der Waals surface area contributed by atoms with Crippen LogP contribution < -0.4 is 0 Å². The Morgan fingerprint density at radius 3 is 2.63 bits per heavy atom. The van der Waals surface area contributed by atoms with Crippen LogP contribution in [-0.2, 0) is 12.8 Å². The molecule has 2 heteroatoms. The van der Waals surface area contributed by atoms with Gasteiger partial charge in [0.2, 0.25) is 0 Å². The van der Waals surface area contributed by atoms with Crippen LogP contribution >= 0.6 is 0 Å². The Hall–Kier alpha value is -2.06. The van der Waals surface area contributed by atoms with E-state index in [2.05, 4.69) is 44.2 Å². The van der Waals surface area contributed by atoms with Gasteiger partial charge < -0.3 is 10.2 Å². The maximum Gasteiger partial charge on any atom is 0.119 e. The zero-order valence-corrected chi connectivity index (χ0v) is 18.3. The van der Waals surface area contributed by atoms with Crippen LogP contribution in [0.3, 0.4) is 0 Å². The first-order chi connectivity index (χ1) is 14.4. The first kappa shape index (κ1) is 19.9. The summed E-state index contributed by atoms with van der Waals surface area (Å²) >= 11 is 0. The second kappa shape index (κ2) is 7.27. The Bertz CT molecular complexity index is 958. The van der Waals surface area contributed by atoms with Crippen molar-refractivity contribution >= 4 is 6.08 Å². The van der Waals surface area contributed by atoms with Crippen molar-refractivity contribution in [1.29, 1.82) is 0 Å². The summed E-state index contributed by atoms with van der Waals surface area (Å²) in [6.45, 7) is 4.41. The number of aryl methyl sites for hydroxylation is 1. The third-order valence-electron chi connectivity index (χ3n) is 8.93. The van der Waals surface area contributed by atoms with Gasteiger partial charge in [-0.3, -0.25) is 0 Å². The number of benzene rings is 2. The number of fused-ring (bicyclic) bond motifs is 5. The molecule has 2 nitrogen and oxygen atoms in total. The summed E-state index contributed by atoms with van der Waals surface area (Å²) in [7, 11) is 0. The molecule has 0 bridgehead atoms. The highest BCUT2D eigenvalue weighted by atomic mass is 16.3. The number of hydrogen-bond donors (Lipinski definition) is 2. The van der Waals surface area contributed by atoms with E-state index in [9.17, 15) is 10.2 Å². The number of aliphatic hydroxyl groups is 1. The van der Waals surface area contributed by atoms with E-state index < -0.39 is 5.60 Å². The van der Waals surface area contributed by atoms with Gasteiger partial charge in [-0.2, -0.15) is 0 Å². The lowest BCUT2D eigenvalue weighted by molar-refractivity contribution is -0.0901. The van der Waals surface area contributed by atoms with Crippen molar-refractivity contribution in [2.24, 2.45) is 17.3 Å². The van der Waals surface area contributed by atoms with E-state index in [1.807, 2.05) is 24.3 Å². The Morgan fingerprint density at radius 2 is 1.83 bits per heavy atom. The standard InChI is InChI=1S/C28H34O2/c1-27-15-13-22-23(25(27)14-16-28(27,2)30)12-11-20-18-26(29)21(17-24(20)22)10-6-9-19-7-4-3-5-8-19/h3-9,17-18,22-23,25,29-30H,10-16H2,1-2H3/b9-6+/t22-,23+,25-,27-,28-/m0/s1. The van der Waals surface area contributed by atoms with Crippen molar-refractivity contribution in [1.82, 2.24) is 0 Å². The smallest absolute Gasteiger partial charge is 0.119 e. The molecule has 3 aliphatic carbocycles. The summed E-state index contributed by atoms with van der Waals surface area (Å²) in [4.78, 5) is 0. The van der Waals surface area contributed by atoms with Crippen molar-refractivity contribution in [3.05, 3.63) is 70.8 Å². The van der Waals surface area contributed by atoms with Gasteiger partial charge in [0, 0.05) is 0 Å². The SMILES string of the molecule is C[C@]1(O)CC[C@H]2[C@@H]3CCc4cc(O)c(C/C=C/c5ccccc5)cc4[C@H]3CC[C@@]21C. The lowest BCUT2D eigenvalue weighted by atomic mass is 9.53. The predicted molar refractivity (Wildman–Crippen MR) is 123 cm³/mol. The van der Waals surface area contributed by atoms with E-state index in [-0.39, 0.29) is 5.41 Å². The Kier molecular flexibility index (Phi) is 4.82. The minimum absolute atomic E-state index is 0.0594. The molecule has 0 radical (unpaired) electrons. The first-order valence-electron chi connectivity index (χ1n) is 11.7. The van der Waals surface area contributed by atoms with Crippen molar-refractivity contribution in [2.75, 3.05) is 0 Å². The van der Waals surface area contributed by atoms with E-state index in [0.29, 0.717) is 23.5 Å².